The van der Waals surface area contributed by atoms with Crippen LogP contribution in [0.3, 0.4) is 0 Å². The number of ether oxygens (including phenoxy) is 1. The first-order valence-electron chi connectivity index (χ1n) is 19.3. The van der Waals surface area contributed by atoms with Crippen LogP contribution in [0.4, 0.5) is 56.9 Å². The van der Waals surface area contributed by atoms with Gasteiger partial charge in [0, 0.05) is 18.7 Å². The zero-order chi connectivity index (χ0) is 51.5. The largest absolute Gasteiger partial charge is 0.505 e. The molecule has 0 bridgehead atoms. The topological polar surface area (TPSA) is 406 Å². The van der Waals surface area contributed by atoms with Crippen LogP contribution >= 0.6 is 24.4 Å². The number of rotatable bonds is 22. The van der Waals surface area contributed by atoms with E-state index >= 15 is 0 Å². The first-order chi connectivity index (χ1) is 33.7. The van der Waals surface area contributed by atoms with Gasteiger partial charge in [-0.3, -0.25) is 18.3 Å². The van der Waals surface area contributed by atoms with Gasteiger partial charge in [0.15, 0.2) is 27.9 Å². The van der Waals surface area contributed by atoms with Gasteiger partial charge in [-0.15, -0.1) is 24.0 Å². The standard InChI is InChI=1S/C39H36N10O17S5/c1-21(50)42-30-19-29(40)32(61-2)20-31(30)46-43-23-3-5-26(6-4-23)49-70(56,57)28-13-9-25(10-14-28)45-48-38-34(71(58,59)60)18-22-17-33(67-65-63-52)37(39(51)35(22)36(38)41)47-44-24-7-11-27(12-8-24)69(54,55)16-15-62-68-66-64-53/h3-14,17-20,49,51-53H,15-16,40-41H2,1-2H3,(H,42,50)(H,58,59,60). The number of hydrogen-bond donors (Lipinski definition) is 8. The predicted octanol–water partition coefficient (Wildman–Crippen LogP) is 9.17. The van der Waals surface area contributed by atoms with Crippen molar-refractivity contribution in [3.63, 3.8) is 0 Å². The molecule has 0 aliphatic heterocycles. The third kappa shape index (κ3) is 13.7. The van der Waals surface area contributed by atoms with E-state index in [1.807, 2.05) is 0 Å². The molecule has 0 aromatic heterocycles. The Hall–Kier alpha value is -6.92. The van der Waals surface area contributed by atoms with Crippen molar-refractivity contribution >= 4 is 128 Å². The van der Waals surface area contributed by atoms with E-state index in [2.05, 4.69) is 59.5 Å². The Balaban J connectivity index is 1.23. The highest BCUT2D eigenvalue weighted by molar-refractivity contribution is 7.94. The van der Waals surface area contributed by atoms with E-state index in [-0.39, 0.29) is 90.1 Å². The number of nitrogens with two attached hydrogens (primary N) is 2. The van der Waals surface area contributed by atoms with Crippen LogP contribution in [0.25, 0.3) is 10.8 Å². The molecular formula is C39H36N10O17S5. The first-order valence-corrected chi connectivity index (χ1v) is 25.3. The number of phenols is 1. The molecule has 6 aromatic carbocycles. The van der Waals surface area contributed by atoms with Gasteiger partial charge in [-0.05, 0) is 96.4 Å². The van der Waals surface area contributed by atoms with Gasteiger partial charge in [-0.25, -0.2) is 27.4 Å². The van der Waals surface area contributed by atoms with E-state index in [4.69, 9.17) is 30.9 Å². The molecule has 0 atom stereocenters. The number of carbonyl (C=O) groups excluding carboxylic acids is 1. The summed E-state index contributed by atoms with van der Waals surface area (Å²) in [5, 5.41) is 62.0. The monoisotopic (exact) mass is 1080 g/mol. The summed E-state index contributed by atoms with van der Waals surface area (Å²) in [5.74, 6) is -1.28. The van der Waals surface area contributed by atoms with Crippen LogP contribution in [0, 0.1) is 0 Å². The Morgan fingerprint density at radius 1 is 0.732 bits per heavy atom. The second-order valence-electron chi connectivity index (χ2n) is 13.9. The summed E-state index contributed by atoms with van der Waals surface area (Å²) in [6, 6.07) is 20.7. The summed E-state index contributed by atoms with van der Waals surface area (Å²) in [7, 11) is -11.8. The molecule has 27 nitrogen and oxygen atoms in total. The van der Waals surface area contributed by atoms with Gasteiger partial charge in [0.25, 0.3) is 20.1 Å². The lowest BCUT2D eigenvalue weighted by Gasteiger charge is -2.14. The van der Waals surface area contributed by atoms with Gasteiger partial charge in [0.1, 0.15) is 27.7 Å². The lowest BCUT2D eigenvalue weighted by atomic mass is 10.1. The van der Waals surface area contributed by atoms with Gasteiger partial charge < -0.3 is 26.6 Å². The lowest BCUT2D eigenvalue weighted by molar-refractivity contribution is -0.434. The number of methoxy groups -OCH3 is 1. The average Bonchev–Trinajstić information content (AvgIpc) is 3.32. The first kappa shape index (κ1) is 53.4. The third-order valence-corrected chi connectivity index (χ3v) is 14.2. The summed E-state index contributed by atoms with van der Waals surface area (Å²) in [6.07, 6.45) is 0. The minimum Gasteiger partial charge on any atom is -0.505 e. The van der Waals surface area contributed by atoms with E-state index < -0.39 is 57.8 Å². The lowest BCUT2D eigenvalue weighted by Crippen LogP contribution is -2.12. The van der Waals surface area contributed by atoms with E-state index in [0.29, 0.717) is 23.5 Å². The molecular weight excluding hydrogens is 1040 g/mol. The Bertz CT molecular complexity index is 3370. The summed E-state index contributed by atoms with van der Waals surface area (Å²) in [4.78, 5) is 10.4. The number of nitrogen functional groups attached to an aromatic ring is 2. The van der Waals surface area contributed by atoms with Gasteiger partial charge in [-0.2, -0.15) is 23.8 Å². The molecule has 10 N–H and O–H groups in total. The van der Waals surface area contributed by atoms with Crippen molar-refractivity contribution < 1.29 is 77.9 Å². The van der Waals surface area contributed by atoms with Crippen molar-refractivity contribution in [2.24, 2.45) is 30.7 Å². The Morgan fingerprint density at radius 2 is 1.31 bits per heavy atom. The smallest absolute Gasteiger partial charge is 0.296 e. The van der Waals surface area contributed by atoms with Gasteiger partial charge in [-0.1, -0.05) is 10.1 Å². The summed E-state index contributed by atoms with van der Waals surface area (Å²) < 4.78 is 108. The number of nitrogens with one attached hydrogen (secondary N) is 2. The molecule has 374 valence electrons. The number of benzene rings is 6. The Labute approximate surface area is 410 Å². The van der Waals surface area contributed by atoms with Crippen LogP contribution in [0.15, 0.2) is 147 Å². The number of azo groups is 3. The zero-order valence-corrected chi connectivity index (χ0v) is 40.2. The highest BCUT2D eigenvalue weighted by Gasteiger charge is 2.26. The molecule has 71 heavy (non-hydrogen) atoms. The van der Waals surface area contributed by atoms with E-state index in [1.54, 1.807) is 0 Å². The molecule has 0 radical (unpaired) electrons. The molecule has 6 aromatic rings. The van der Waals surface area contributed by atoms with Crippen LogP contribution in [-0.4, -0.2) is 70.8 Å². The van der Waals surface area contributed by atoms with Crippen LogP contribution in [0.2, 0.25) is 0 Å². The number of anilines is 4. The van der Waals surface area contributed by atoms with Crippen LogP contribution in [-0.2, 0) is 57.7 Å². The molecule has 0 unspecified atom stereocenters. The maximum absolute atomic E-state index is 13.3. The minimum absolute atomic E-state index is 0.0136. The molecule has 1 amide bonds. The second kappa shape index (κ2) is 23.3. The molecule has 0 aliphatic carbocycles. The quantitative estimate of drug-likeness (QED) is 0.00597. The van der Waals surface area contributed by atoms with Crippen LogP contribution < -0.4 is 26.2 Å². The molecule has 32 heteroatoms. The van der Waals surface area contributed by atoms with Crippen molar-refractivity contribution in [3.8, 4) is 11.5 Å². The summed E-state index contributed by atoms with van der Waals surface area (Å²) in [5.41, 5.74) is 12.1. The van der Waals surface area contributed by atoms with Crippen molar-refractivity contribution in [3.05, 3.63) is 97.1 Å². The van der Waals surface area contributed by atoms with Gasteiger partial charge >= 0.3 is 0 Å². The molecule has 6 rings (SSSR count). The highest BCUT2D eigenvalue weighted by atomic mass is 32.2. The Morgan fingerprint density at radius 3 is 1.89 bits per heavy atom. The van der Waals surface area contributed by atoms with E-state index in [1.165, 1.54) is 105 Å². The fourth-order valence-electron chi connectivity index (χ4n) is 6.04. The minimum atomic E-state index is -5.11. The van der Waals surface area contributed by atoms with E-state index in [9.17, 15) is 39.7 Å². The molecule has 0 heterocycles. The molecule has 0 spiro atoms. The van der Waals surface area contributed by atoms with Gasteiger partial charge in [0.2, 0.25) is 5.91 Å². The molecule has 0 aliphatic rings. The zero-order valence-electron chi connectivity index (χ0n) is 36.1. The maximum atomic E-state index is 13.3. The van der Waals surface area contributed by atoms with Crippen molar-refractivity contribution in [2.75, 3.05) is 41.0 Å². The number of amides is 1. The molecule has 0 saturated heterocycles. The second-order valence-corrected chi connectivity index (χ2v) is 20.3. The van der Waals surface area contributed by atoms with Gasteiger partial charge in [0.05, 0.1) is 85.7 Å². The number of phenolic OH excluding ortho intramolecular Hbond substituents is 1. The van der Waals surface area contributed by atoms with Crippen molar-refractivity contribution in [1.29, 1.82) is 0 Å². The summed E-state index contributed by atoms with van der Waals surface area (Å²) >= 11 is 0.501. The molecule has 0 saturated carbocycles. The number of hydrogen-bond acceptors (Lipinski definition) is 26. The number of sulfonamides is 1. The fourth-order valence-corrected chi connectivity index (χ4v) is 9.67. The number of nitrogens with zero attached hydrogens (tertiary/aromatic N) is 6. The highest BCUT2D eigenvalue weighted by Crippen LogP contribution is 2.50. The van der Waals surface area contributed by atoms with E-state index in [0.717, 1.165) is 6.07 Å². The fraction of sp³-hybridized carbons (Fsp3) is 0.103. The Kier molecular flexibility index (Phi) is 17.6. The predicted molar refractivity (Wildman–Crippen MR) is 255 cm³/mol. The SMILES string of the molecule is COc1cc(N=Nc2ccc(NS(=O)(=O)c3ccc(N=Nc4c(S(=O)(=O)O)cc5cc(SOOO)c(N=Nc6ccc(S(=O)(=O)CCOSOOO)cc6)c(O)c5c4N)cc3)cc2)c(NC(C)=O)cc1N. The maximum Gasteiger partial charge on any atom is 0.296 e. The number of sulfone groups is 1. The average molecular weight is 1080 g/mol. The summed E-state index contributed by atoms with van der Waals surface area (Å²) in [6.45, 7) is 0.980. The normalized spacial score (nSPS) is 12.4. The third-order valence-electron chi connectivity index (χ3n) is 9.21. The van der Waals surface area contributed by atoms with Crippen molar-refractivity contribution in [1.82, 2.24) is 0 Å². The van der Waals surface area contributed by atoms with Crippen molar-refractivity contribution in [2.45, 2.75) is 26.5 Å². The molecule has 0 fully saturated rings. The van der Waals surface area contributed by atoms with Crippen LogP contribution in [0.5, 0.6) is 11.5 Å². The van der Waals surface area contributed by atoms with Crippen LogP contribution in [0.1, 0.15) is 6.92 Å². The number of aromatic hydroxyl groups is 1. The number of carbonyl (C=O) groups is 1. The number of fused-ring (bicyclic) bond motifs is 1.